The number of hydrogen-bond acceptors (Lipinski definition) is 2. The molecule has 0 amide bonds. The lowest BCUT2D eigenvalue weighted by Gasteiger charge is -2.09. The van der Waals surface area contributed by atoms with E-state index in [9.17, 15) is 4.39 Å². The molecular formula is C9H11ClFNO. The Hall–Kier alpha value is -0.960. The van der Waals surface area contributed by atoms with Crippen LogP contribution in [0.1, 0.15) is 0 Å². The van der Waals surface area contributed by atoms with Gasteiger partial charge in [0.25, 0.3) is 0 Å². The van der Waals surface area contributed by atoms with Crippen LogP contribution in [0.25, 0.3) is 0 Å². The molecule has 0 aliphatic rings. The largest absolute Gasteiger partial charge is 0.495 e. The fraction of sp³-hybridized carbons (Fsp3) is 0.333. The van der Waals surface area contributed by atoms with E-state index in [-0.39, 0.29) is 5.82 Å². The van der Waals surface area contributed by atoms with Crippen molar-refractivity contribution in [2.24, 2.45) is 0 Å². The normalized spacial score (nSPS) is 9.77. The molecule has 0 bridgehead atoms. The quantitative estimate of drug-likeness (QED) is 0.760. The minimum atomic E-state index is -0.294. The van der Waals surface area contributed by atoms with E-state index in [4.69, 9.17) is 16.3 Å². The zero-order valence-corrected chi connectivity index (χ0v) is 8.07. The van der Waals surface area contributed by atoms with Crippen LogP contribution in [-0.4, -0.2) is 19.5 Å². The van der Waals surface area contributed by atoms with E-state index in [1.165, 1.54) is 12.1 Å². The lowest BCUT2D eigenvalue weighted by atomic mass is 10.3. The van der Waals surface area contributed by atoms with Crippen molar-refractivity contribution in [2.75, 3.05) is 24.9 Å². The van der Waals surface area contributed by atoms with Crippen molar-refractivity contribution < 1.29 is 9.13 Å². The smallest absolute Gasteiger partial charge is 0.142 e. The highest BCUT2D eigenvalue weighted by atomic mass is 35.5. The Morgan fingerprint density at radius 2 is 2.31 bits per heavy atom. The van der Waals surface area contributed by atoms with Gasteiger partial charge in [0.1, 0.15) is 11.6 Å². The molecule has 1 N–H and O–H groups in total. The second-order valence-corrected chi connectivity index (χ2v) is 2.84. The third-order valence-electron chi connectivity index (χ3n) is 1.57. The van der Waals surface area contributed by atoms with Gasteiger partial charge in [-0.3, -0.25) is 0 Å². The van der Waals surface area contributed by atoms with Gasteiger partial charge in [-0.25, -0.2) is 4.39 Å². The molecule has 0 atom stereocenters. The highest BCUT2D eigenvalue weighted by molar-refractivity contribution is 6.18. The first kappa shape index (κ1) is 10.1. The summed E-state index contributed by atoms with van der Waals surface area (Å²) in [5, 5.41) is 2.96. The average Bonchev–Trinajstić information content (AvgIpc) is 2.15. The first-order valence-electron chi connectivity index (χ1n) is 3.91. The minimum absolute atomic E-state index is 0.294. The standard InChI is InChI=1S/C9H11ClFNO/c1-13-9-3-2-7(11)6-8(9)12-5-4-10/h2-3,6,12H,4-5H2,1H3. The van der Waals surface area contributed by atoms with E-state index < -0.39 is 0 Å². The molecule has 72 valence electrons. The van der Waals surface area contributed by atoms with Gasteiger partial charge >= 0.3 is 0 Å². The van der Waals surface area contributed by atoms with E-state index in [1.807, 2.05) is 0 Å². The fourth-order valence-electron chi connectivity index (χ4n) is 1.00. The summed E-state index contributed by atoms with van der Waals surface area (Å²) in [6.07, 6.45) is 0. The molecule has 0 fully saturated rings. The molecular weight excluding hydrogens is 193 g/mol. The van der Waals surface area contributed by atoms with Crippen LogP contribution in [-0.2, 0) is 0 Å². The Bertz CT molecular complexity index is 280. The molecule has 0 radical (unpaired) electrons. The molecule has 0 saturated heterocycles. The molecule has 1 aromatic rings. The Morgan fingerprint density at radius 3 is 2.92 bits per heavy atom. The minimum Gasteiger partial charge on any atom is -0.495 e. The molecule has 0 aliphatic heterocycles. The van der Waals surface area contributed by atoms with E-state index in [2.05, 4.69) is 5.32 Å². The predicted octanol–water partition coefficient (Wildman–Crippen LogP) is 2.49. The van der Waals surface area contributed by atoms with Crippen molar-refractivity contribution in [1.82, 2.24) is 0 Å². The summed E-state index contributed by atoms with van der Waals surface area (Å²) in [6, 6.07) is 4.31. The number of halogens is 2. The van der Waals surface area contributed by atoms with Gasteiger partial charge in [0.2, 0.25) is 0 Å². The molecule has 0 spiro atoms. The second kappa shape index (κ2) is 4.92. The molecule has 1 rings (SSSR count). The average molecular weight is 204 g/mol. The number of hydrogen-bond donors (Lipinski definition) is 1. The maximum atomic E-state index is 12.8. The van der Waals surface area contributed by atoms with Gasteiger partial charge in [-0.1, -0.05) is 0 Å². The highest BCUT2D eigenvalue weighted by Gasteiger charge is 2.02. The topological polar surface area (TPSA) is 21.3 Å². The zero-order valence-electron chi connectivity index (χ0n) is 7.31. The summed E-state index contributed by atoms with van der Waals surface area (Å²) >= 11 is 5.49. The summed E-state index contributed by atoms with van der Waals surface area (Å²) in [4.78, 5) is 0. The number of anilines is 1. The third kappa shape index (κ3) is 2.77. The van der Waals surface area contributed by atoms with Crippen LogP contribution in [0.2, 0.25) is 0 Å². The summed E-state index contributed by atoms with van der Waals surface area (Å²) in [5.74, 6) is 0.795. The Balaban J connectivity index is 2.81. The molecule has 1 aromatic carbocycles. The van der Waals surface area contributed by atoms with E-state index >= 15 is 0 Å². The van der Waals surface area contributed by atoms with Gasteiger partial charge in [-0.05, 0) is 12.1 Å². The summed E-state index contributed by atoms with van der Waals surface area (Å²) < 4.78 is 17.8. The van der Waals surface area contributed by atoms with Gasteiger partial charge in [0.05, 0.1) is 12.8 Å². The maximum absolute atomic E-state index is 12.8. The molecule has 4 heteroatoms. The number of alkyl halides is 1. The Kier molecular flexibility index (Phi) is 3.83. The number of nitrogens with one attached hydrogen (secondary N) is 1. The maximum Gasteiger partial charge on any atom is 0.142 e. The van der Waals surface area contributed by atoms with Crippen LogP contribution < -0.4 is 10.1 Å². The molecule has 0 heterocycles. The second-order valence-electron chi connectivity index (χ2n) is 2.46. The molecule has 13 heavy (non-hydrogen) atoms. The predicted molar refractivity (Wildman–Crippen MR) is 52.2 cm³/mol. The van der Waals surface area contributed by atoms with Crippen molar-refractivity contribution in [3.8, 4) is 5.75 Å². The van der Waals surface area contributed by atoms with Crippen molar-refractivity contribution >= 4 is 17.3 Å². The van der Waals surface area contributed by atoms with Crippen molar-refractivity contribution in [2.45, 2.75) is 0 Å². The Labute approximate surface area is 81.7 Å². The van der Waals surface area contributed by atoms with Crippen LogP contribution in [0, 0.1) is 5.82 Å². The summed E-state index contributed by atoms with van der Waals surface area (Å²) in [5.41, 5.74) is 0.628. The molecule has 0 aromatic heterocycles. The first-order valence-corrected chi connectivity index (χ1v) is 4.44. The molecule has 2 nitrogen and oxygen atoms in total. The molecule has 0 aliphatic carbocycles. The molecule has 0 saturated carbocycles. The van der Waals surface area contributed by atoms with E-state index in [0.717, 1.165) is 0 Å². The number of methoxy groups -OCH3 is 1. The third-order valence-corrected chi connectivity index (χ3v) is 1.76. The Morgan fingerprint density at radius 1 is 1.54 bits per heavy atom. The fourth-order valence-corrected chi connectivity index (χ4v) is 1.09. The van der Waals surface area contributed by atoms with Gasteiger partial charge in [-0.15, -0.1) is 11.6 Å². The lowest BCUT2D eigenvalue weighted by Crippen LogP contribution is -2.04. The van der Waals surface area contributed by atoms with Crippen molar-refractivity contribution in [1.29, 1.82) is 0 Å². The SMILES string of the molecule is COc1ccc(F)cc1NCCCl. The van der Waals surface area contributed by atoms with E-state index in [0.29, 0.717) is 23.9 Å². The van der Waals surface area contributed by atoms with Crippen LogP contribution in [0.15, 0.2) is 18.2 Å². The van der Waals surface area contributed by atoms with Gasteiger partial charge < -0.3 is 10.1 Å². The van der Waals surface area contributed by atoms with Crippen LogP contribution in [0.5, 0.6) is 5.75 Å². The van der Waals surface area contributed by atoms with Crippen LogP contribution >= 0.6 is 11.6 Å². The monoisotopic (exact) mass is 203 g/mol. The highest BCUT2D eigenvalue weighted by Crippen LogP contribution is 2.24. The first-order chi connectivity index (χ1) is 6.27. The number of benzene rings is 1. The van der Waals surface area contributed by atoms with Crippen molar-refractivity contribution in [3.05, 3.63) is 24.0 Å². The summed E-state index contributed by atoms with van der Waals surface area (Å²) in [6.45, 7) is 0.585. The number of rotatable bonds is 4. The number of ether oxygens (including phenoxy) is 1. The molecule has 0 unspecified atom stereocenters. The lowest BCUT2D eigenvalue weighted by molar-refractivity contribution is 0.415. The summed E-state index contributed by atoms with van der Waals surface area (Å²) in [7, 11) is 1.54. The van der Waals surface area contributed by atoms with Crippen molar-refractivity contribution in [3.63, 3.8) is 0 Å². The van der Waals surface area contributed by atoms with Crippen LogP contribution in [0.4, 0.5) is 10.1 Å². The van der Waals surface area contributed by atoms with Crippen LogP contribution in [0.3, 0.4) is 0 Å². The van der Waals surface area contributed by atoms with Gasteiger partial charge in [-0.2, -0.15) is 0 Å². The van der Waals surface area contributed by atoms with Gasteiger partial charge in [0, 0.05) is 18.5 Å². The zero-order chi connectivity index (χ0) is 9.68. The van der Waals surface area contributed by atoms with E-state index in [1.54, 1.807) is 13.2 Å². The van der Waals surface area contributed by atoms with Gasteiger partial charge in [0.15, 0.2) is 0 Å².